The minimum atomic E-state index is -0.00213. The van der Waals surface area contributed by atoms with E-state index < -0.39 is 0 Å². The number of carbonyl (C=O) groups is 1. The fourth-order valence-corrected chi connectivity index (χ4v) is 3.36. The Hall–Kier alpha value is -2.83. The lowest BCUT2D eigenvalue weighted by atomic mass is 10.1. The summed E-state index contributed by atoms with van der Waals surface area (Å²) in [7, 11) is 1.62. The highest BCUT2D eigenvalue weighted by molar-refractivity contribution is 5.88. The number of hydrogen-bond donors (Lipinski definition) is 1. The molecule has 0 saturated heterocycles. The molecule has 0 saturated carbocycles. The van der Waals surface area contributed by atoms with Crippen molar-refractivity contribution in [3.05, 3.63) is 41.7 Å². The molecule has 0 fully saturated rings. The number of aromatic nitrogens is 3. The van der Waals surface area contributed by atoms with Crippen LogP contribution >= 0.6 is 0 Å². The van der Waals surface area contributed by atoms with Gasteiger partial charge in [0.15, 0.2) is 0 Å². The SMILES string of the molecule is COc1ccc2c(CC(=O)NC3CCc4nnc(C)n4C3)coc2c1. The van der Waals surface area contributed by atoms with E-state index in [1.54, 1.807) is 13.4 Å². The number of methoxy groups -OCH3 is 1. The summed E-state index contributed by atoms with van der Waals surface area (Å²) in [6, 6.07) is 5.73. The molecule has 0 radical (unpaired) electrons. The van der Waals surface area contributed by atoms with Crippen molar-refractivity contribution in [2.24, 2.45) is 0 Å². The van der Waals surface area contributed by atoms with Crippen LogP contribution in [0.3, 0.4) is 0 Å². The lowest BCUT2D eigenvalue weighted by Crippen LogP contribution is -2.41. The molecule has 0 aliphatic carbocycles. The number of hydrogen-bond acceptors (Lipinski definition) is 5. The number of rotatable bonds is 4. The zero-order chi connectivity index (χ0) is 17.4. The minimum Gasteiger partial charge on any atom is -0.497 e. The first-order valence-electron chi connectivity index (χ1n) is 8.36. The first-order valence-corrected chi connectivity index (χ1v) is 8.36. The maximum absolute atomic E-state index is 12.5. The fraction of sp³-hybridized carbons (Fsp3) is 0.389. The Morgan fingerprint density at radius 1 is 1.44 bits per heavy atom. The molecule has 4 rings (SSSR count). The topological polar surface area (TPSA) is 82.2 Å². The quantitative estimate of drug-likeness (QED) is 0.786. The maximum atomic E-state index is 12.5. The van der Waals surface area contributed by atoms with Crippen LogP contribution in [0.4, 0.5) is 0 Å². The number of benzene rings is 1. The van der Waals surface area contributed by atoms with Crippen LogP contribution in [0, 0.1) is 6.92 Å². The Morgan fingerprint density at radius 2 is 2.32 bits per heavy atom. The second-order valence-electron chi connectivity index (χ2n) is 6.38. The molecule has 3 aromatic rings. The van der Waals surface area contributed by atoms with Crippen molar-refractivity contribution in [2.75, 3.05) is 7.11 Å². The van der Waals surface area contributed by atoms with Crippen molar-refractivity contribution in [2.45, 2.75) is 38.8 Å². The van der Waals surface area contributed by atoms with Crippen LogP contribution in [-0.2, 0) is 24.2 Å². The summed E-state index contributed by atoms with van der Waals surface area (Å²) < 4.78 is 12.8. The van der Waals surface area contributed by atoms with Gasteiger partial charge in [-0.05, 0) is 25.5 Å². The molecule has 1 aliphatic heterocycles. The van der Waals surface area contributed by atoms with Gasteiger partial charge in [0.1, 0.15) is 23.0 Å². The number of amides is 1. The number of furan rings is 1. The number of carbonyl (C=O) groups excluding carboxylic acids is 1. The normalized spacial score (nSPS) is 16.6. The van der Waals surface area contributed by atoms with Gasteiger partial charge in [-0.2, -0.15) is 0 Å². The van der Waals surface area contributed by atoms with Crippen LogP contribution in [0.1, 0.15) is 23.6 Å². The Bertz CT molecular complexity index is 928. The molecule has 7 nitrogen and oxygen atoms in total. The molecule has 1 unspecified atom stereocenters. The summed E-state index contributed by atoms with van der Waals surface area (Å²) in [4.78, 5) is 12.5. The molecule has 130 valence electrons. The van der Waals surface area contributed by atoms with Crippen LogP contribution in [0.25, 0.3) is 11.0 Å². The van der Waals surface area contributed by atoms with E-state index in [1.165, 1.54) is 0 Å². The highest BCUT2D eigenvalue weighted by Crippen LogP contribution is 2.26. The van der Waals surface area contributed by atoms with E-state index in [0.717, 1.165) is 53.3 Å². The van der Waals surface area contributed by atoms with Crippen molar-refractivity contribution < 1.29 is 13.9 Å². The lowest BCUT2D eigenvalue weighted by Gasteiger charge is -2.24. The van der Waals surface area contributed by atoms with E-state index in [2.05, 4.69) is 20.1 Å². The number of nitrogens with one attached hydrogen (secondary N) is 1. The van der Waals surface area contributed by atoms with Crippen molar-refractivity contribution in [3.63, 3.8) is 0 Å². The van der Waals surface area contributed by atoms with E-state index in [-0.39, 0.29) is 11.9 Å². The minimum absolute atomic E-state index is 0.00213. The van der Waals surface area contributed by atoms with Gasteiger partial charge in [0.25, 0.3) is 0 Å². The Labute approximate surface area is 145 Å². The third-order valence-corrected chi connectivity index (χ3v) is 4.71. The zero-order valence-electron chi connectivity index (χ0n) is 14.3. The van der Waals surface area contributed by atoms with Gasteiger partial charge in [0.05, 0.1) is 19.8 Å². The van der Waals surface area contributed by atoms with Crippen molar-refractivity contribution in [1.82, 2.24) is 20.1 Å². The van der Waals surface area contributed by atoms with Crippen molar-refractivity contribution >= 4 is 16.9 Å². The molecule has 1 amide bonds. The number of nitrogens with zero attached hydrogens (tertiary/aromatic N) is 3. The van der Waals surface area contributed by atoms with Gasteiger partial charge in [-0.3, -0.25) is 4.79 Å². The second-order valence-corrected chi connectivity index (χ2v) is 6.38. The summed E-state index contributed by atoms with van der Waals surface area (Å²) in [6.45, 7) is 2.66. The predicted octanol–water partition coefficient (Wildman–Crippen LogP) is 2.02. The van der Waals surface area contributed by atoms with Crippen LogP contribution in [0.5, 0.6) is 5.75 Å². The average Bonchev–Trinajstić information content (AvgIpc) is 3.18. The lowest BCUT2D eigenvalue weighted by molar-refractivity contribution is -0.121. The number of fused-ring (bicyclic) bond motifs is 2. The molecule has 1 atom stereocenters. The highest BCUT2D eigenvalue weighted by atomic mass is 16.5. The van der Waals surface area contributed by atoms with Crippen LogP contribution < -0.4 is 10.1 Å². The van der Waals surface area contributed by atoms with Crippen LogP contribution in [0.15, 0.2) is 28.9 Å². The summed E-state index contributed by atoms with van der Waals surface area (Å²) >= 11 is 0. The van der Waals surface area contributed by atoms with Gasteiger partial charge in [-0.1, -0.05) is 0 Å². The van der Waals surface area contributed by atoms with Gasteiger partial charge >= 0.3 is 0 Å². The monoisotopic (exact) mass is 340 g/mol. The Kier molecular flexibility index (Phi) is 3.91. The first-order chi connectivity index (χ1) is 12.1. The molecule has 25 heavy (non-hydrogen) atoms. The van der Waals surface area contributed by atoms with Gasteiger partial charge in [-0.15, -0.1) is 10.2 Å². The molecular formula is C18H20N4O3. The second kappa shape index (κ2) is 6.23. The number of ether oxygens (including phenoxy) is 1. The van der Waals surface area contributed by atoms with Crippen molar-refractivity contribution in [1.29, 1.82) is 0 Å². The number of aryl methyl sites for hydroxylation is 2. The molecule has 3 heterocycles. The van der Waals surface area contributed by atoms with E-state index in [4.69, 9.17) is 9.15 Å². The van der Waals surface area contributed by atoms with Gasteiger partial charge in [0, 0.05) is 36.0 Å². The largest absolute Gasteiger partial charge is 0.497 e. The molecule has 0 spiro atoms. The zero-order valence-corrected chi connectivity index (χ0v) is 14.3. The Morgan fingerprint density at radius 3 is 3.16 bits per heavy atom. The average molecular weight is 340 g/mol. The summed E-state index contributed by atoms with van der Waals surface area (Å²) in [5, 5.41) is 12.3. The van der Waals surface area contributed by atoms with Gasteiger partial charge in [-0.25, -0.2) is 0 Å². The first kappa shape index (κ1) is 15.7. The molecule has 1 aromatic carbocycles. The van der Waals surface area contributed by atoms with Crippen LogP contribution in [0.2, 0.25) is 0 Å². The van der Waals surface area contributed by atoms with E-state index in [1.807, 2.05) is 25.1 Å². The molecule has 0 bridgehead atoms. The molecular weight excluding hydrogens is 320 g/mol. The molecule has 1 N–H and O–H groups in total. The standard InChI is InChI=1S/C18H20N4O3/c1-11-20-21-17-6-3-13(9-22(11)17)19-18(23)7-12-10-25-16-8-14(24-2)4-5-15(12)16/h4-5,8,10,13H,3,6-7,9H2,1-2H3,(H,19,23). The van der Waals surface area contributed by atoms with E-state index in [0.29, 0.717) is 6.42 Å². The molecule has 7 heteroatoms. The van der Waals surface area contributed by atoms with Gasteiger partial charge in [0.2, 0.25) is 5.91 Å². The van der Waals surface area contributed by atoms with Gasteiger partial charge < -0.3 is 19.0 Å². The summed E-state index contributed by atoms with van der Waals surface area (Å²) in [5.41, 5.74) is 1.61. The summed E-state index contributed by atoms with van der Waals surface area (Å²) in [5.74, 6) is 2.62. The third-order valence-electron chi connectivity index (χ3n) is 4.71. The highest BCUT2D eigenvalue weighted by Gasteiger charge is 2.23. The molecule has 2 aromatic heterocycles. The van der Waals surface area contributed by atoms with E-state index in [9.17, 15) is 4.79 Å². The summed E-state index contributed by atoms with van der Waals surface area (Å²) in [6.07, 6.45) is 3.66. The third kappa shape index (κ3) is 2.97. The fourth-order valence-electron chi connectivity index (χ4n) is 3.36. The smallest absolute Gasteiger partial charge is 0.224 e. The molecule has 1 aliphatic rings. The van der Waals surface area contributed by atoms with Crippen LogP contribution in [-0.4, -0.2) is 33.8 Å². The maximum Gasteiger partial charge on any atom is 0.224 e. The predicted molar refractivity (Wildman–Crippen MR) is 91.5 cm³/mol. The Balaban J connectivity index is 1.44. The van der Waals surface area contributed by atoms with Crippen molar-refractivity contribution in [3.8, 4) is 5.75 Å². The van der Waals surface area contributed by atoms with E-state index >= 15 is 0 Å².